The van der Waals surface area contributed by atoms with Gasteiger partial charge in [-0.1, -0.05) is 196 Å². The van der Waals surface area contributed by atoms with E-state index in [0.29, 0.717) is 0 Å². The van der Waals surface area contributed by atoms with Crippen molar-refractivity contribution in [1.82, 2.24) is 9.61 Å². The lowest BCUT2D eigenvalue weighted by atomic mass is 9.82. The first-order chi connectivity index (χ1) is 29.1. The average Bonchev–Trinajstić information content (AvgIpc) is 3.82. The Morgan fingerprint density at radius 3 is 1.66 bits per heavy atom. The lowest BCUT2D eigenvalue weighted by molar-refractivity contribution is 0.660. The van der Waals surface area contributed by atoms with Crippen LogP contribution in [0.15, 0.2) is 212 Å². The van der Waals surface area contributed by atoms with Crippen LogP contribution in [0.5, 0.6) is 0 Å². The van der Waals surface area contributed by atoms with Crippen LogP contribution in [-0.2, 0) is 5.41 Å². The molecule has 1 aliphatic carbocycles. The minimum Gasteiger partial charge on any atom is -0.309 e. The number of nitrogens with zero attached hydrogens (tertiary/aromatic N) is 3. The highest BCUT2D eigenvalue weighted by molar-refractivity contribution is 6.14. The first kappa shape index (κ1) is 34.7. The highest BCUT2D eigenvalue weighted by Crippen LogP contribution is 2.55. The fourth-order valence-electron chi connectivity index (χ4n) is 9.40. The van der Waals surface area contributed by atoms with Crippen molar-refractivity contribution in [3.05, 3.63) is 223 Å². The van der Waals surface area contributed by atoms with Gasteiger partial charge in [-0.3, -0.25) is 0 Å². The average molecular weight is 756 g/mol. The molecule has 0 fully saturated rings. The summed E-state index contributed by atoms with van der Waals surface area (Å²) in [5, 5.41) is 7.78. The molecule has 0 radical (unpaired) electrons. The monoisotopic (exact) mass is 755 g/mol. The second kappa shape index (κ2) is 13.9. The maximum Gasteiger partial charge on any atom is 0.101 e. The van der Waals surface area contributed by atoms with E-state index in [4.69, 9.17) is 5.10 Å². The number of pyridine rings is 1. The Morgan fingerprint density at radius 2 is 0.966 bits per heavy atom. The first-order valence-corrected chi connectivity index (χ1v) is 20.4. The number of aromatic nitrogens is 2. The van der Waals surface area contributed by atoms with E-state index >= 15 is 0 Å². The molecule has 3 nitrogen and oxygen atoms in total. The van der Waals surface area contributed by atoms with Gasteiger partial charge in [-0.15, -0.1) is 0 Å². The molecule has 11 rings (SSSR count). The van der Waals surface area contributed by atoms with Gasteiger partial charge in [0.1, 0.15) is 5.69 Å². The number of fused-ring (bicyclic) bond motifs is 6. The van der Waals surface area contributed by atoms with E-state index in [1.54, 1.807) is 0 Å². The van der Waals surface area contributed by atoms with Gasteiger partial charge >= 0.3 is 0 Å². The Kier molecular flexibility index (Phi) is 8.16. The fraction of sp³-hybridized carbons (Fsp3) is 0.0536. The van der Waals surface area contributed by atoms with Gasteiger partial charge in [-0.25, -0.2) is 4.52 Å². The molecule has 280 valence electrons. The van der Waals surface area contributed by atoms with Gasteiger partial charge in [-0.2, -0.15) is 5.10 Å². The van der Waals surface area contributed by atoms with Gasteiger partial charge in [0.15, 0.2) is 0 Å². The molecule has 0 unspecified atom stereocenters. The van der Waals surface area contributed by atoms with Crippen molar-refractivity contribution in [3.63, 3.8) is 0 Å². The fourth-order valence-corrected chi connectivity index (χ4v) is 9.40. The van der Waals surface area contributed by atoms with Crippen molar-refractivity contribution in [2.45, 2.75) is 19.3 Å². The molecule has 0 saturated carbocycles. The Labute approximate surface area is 345 Å². The van der Waals surface area contributed by atoms with E-state index in [1.807, 2.05) is 0 Å². The molecule has 0 amide bonds. The van der Waals surface area contributed by atoms with Crippen LogP contribution < -0.4 is 4.90 Å². The highest BCUT2D eigenvalue weighted by Gasteiger charge is 2.38. The Balaban J connectivity index is 1.26. The number of rotatable bonds is 7. The summed E-state index contributed by atoms with van der Waals surface area (Å²) in [5.41, 5.74) is 18.4. The first-order valence-electron chi connectivity index (χ1n) is 20.4. The van der Waals surface area contributed by atoms with Crippen LogP contribution in [0.25, 0.3) is 72.2 Å². The highest BCUT2D eigenvalue weighted by atomic mass is 15.2. The zero-order chi connectivity index (χ0) is 39.5. The van der Waals surface area contributed by atoms with Crippen LogP contribution in [0.3, 0.4) is 0 Å². The molecule has 0 saturated heterocycles. The summed E-state index contributed by atoms with van der Waals surface area (Å²) in [6, 6.07) is 76.7. The molecule has 1 aliphatic rings. The van der Waals surface area contributed by atoms with Gasteiger partial charge in [0.25, 0.3) is 0 Å². The van der Waals surface area contributed by atoms with Crippen LogP contribution in [0.1, 0.15) is 25.0 Å². The van der Waals surface area contributed by atoms with Gasteiger partial charge in [0.05, 0.1) is 22.6 Å². The number of hydrogen-bond acceptors (Lipinski definition) is 2. The predicted molar refractivity (Wildman–Crippen MR) is 247 cm³/mol. The normalized spacial score (nSPS) is 12.7. The van der Waals surface area contributed by atoms with Crippen molar-refractivity contribution in [1.29, 1.82) is 0 Å². The molecule has 0 aliphatic heterocycles. The zero-order valence-corrected chi connectivity index (χ0v) is 33.0. The Hall–Kier alpha value is -7.49. The quantitative estimate of drug-likeness (QED) is 0.161. The molecule has 2 heterocycles. The van der Waals surface area contributed by atoms with Crippen molar-refractivity contribution in [3.8, 4) is 55.9 Å². The van der Waals surface area contributed by atoms with E-state index < -0.39 is 0 Å². The minimum absolute atomic E-state index is 0.147. The third kappa shape index (κ3) is 5.61. The molecular formula is C56H41N3. The lowest BCUT2D eigenvalue weighted by Gasteiger charge is -2.30. The lowest BCUT2D eigenvalue weighted by Crippen LogP contribution is -2.16. The van der Waals surface area contributed by atoms with E-state index in [2.05, 4.69) is 236 Å². The summed E-state index contributed by atoms with van der Waals surface area (Å²) in [4.78, 5) is 2.50. The van der Waals surface area contributed by atoms with Crippen LogP contribution in [0.4, 0.5) is 17.1 Å². The van der Waals surface area contributed by atoms with Crippen LogP contribution in [0, 0.1) is 0 Å². The summed E-state index contributed by atoms with van der Waals surface area (Å²) in [6.45, 7) is 4.71. The number of anilines is 3. The van der Waals surface area contributed by atoms with E-state index in [1.165, 1.54) is 33.4 Å². The molecule has 8 aromatic carbocycles. The summed E-state index contributed by atoms with van der Waals surface area (Å²) >= 11 is 0. The smallest absolute Gasteiger partial charge is 0.101 e. The summed E-state index contributed by atoms with van der Waals surface area (Å²) < 4.78 is 2.18. The molecule has 0 bridgehead atoms. The molecule has 0 N–H and O–H groups in total. The van der Waals surface area contributed by atoms with Gasteiger partial charge in [0.2, 0.25) is 0 Å². The van der Waals surface area contributed by atoms with Crippen LogP contribution in [0.2, 0.25) is 0 Å². The molecule has 2 aromatic heterocycles. The van der Waals surface area contributed by atoms with E-state index in [9.17, 15) is 0 Å². The minimum atomic E-state index is -0.147. The SMILES string of the molecule is CC1(C)c2ccccc2-c2c(N(c3ccc(-c4ccccc4)cc3)c3cccc4c3cc(-c3ccccc3)n3nc(-c5ccccc5)c(-c5ccccc5)c43)cccc21. The third-order valence-electron chi connectivity index (χ3n) is 12.2. The van der Waals surface area contributed by atoms with Crippen molar-refractivity contribution < 1.29 is 0 Å². The van der Waals surface area contributed by atoms with E-state index in [-0.39, 0.29) is 5.41 Å². The topological polar surface area (TPSA) is 20.5 Å². The van der Waals surface area contributed by atoms with Crippen molar-refractivity contribution in [2.24, 2.45) is 0 Å². The van der Waals surface area contributed by atoms with Crippen molar-refractivity contribution in [2.75, 3.05) is 4.90 Å². The zero-order valence-electron chi connectivity index (χ0n) is 33.0. The Morgan fingerprint density at radius 1 is 0.424 bits per heavy atom. The van der Waals surface area contributed by atoms with Gasteiger partial charge in [-0.05, 0) is 63.7 Å². The predicted octanol–water partition coefficient (Wildman–Crippen LogP) is 14.9. The Bertz CT molecular complexity index is 3150. The van der Waals surface area contributed by atoms with Gasteiger partial charge in [0, 0.05) is 44.1 Å². The number of hydrogen-bond donors (Lipinski definition) is 0. The van der Waals surface area contributed by atoms with Crippen molar-refractivity contribution >= 4 is 33.4 Å². The number of benzene rings is 8. The maximum absolute atomic E-state index is 5.51. The molecule has 0 spiro atoms. The third-order valence-corrected chi connectivity index (χ3v) is 12.2. The molecular weight excluding hydrogens is 715 g/mol. The summed E-state index contributed by atoms with van der Waals surface area (Å²) in [6.07, 6.45) is 0. The van der Waals surface area contributed by atoms with Gasteiger partial charge < -0.3 is 4.90 Å². The summed E-state index contributed by atoms with van der Waals surface area (Å²) in [5.74, 6) is 0. The van der Waals surface area contributed by atoms with E-state index in [0.717, 1.165) is 67.0 Å². The molecule has 59 heavy (non-hydrogen) atoms. The standard InChI is InChI=1S/C56H41N3/c1-56(2)47-29-16-15-27-45(47)53-48(56)30-18-32-50(53)58(43-35-33-39(34-36-43)38-19-7-3-8-20-38)49-31-17-28-44-46(49)37-51(40-21-9-4-10-22-40)59-55(44)52(41-23-11-5-12-24-41)54(57-59)42-25-13-6-14-26-42/h3-37H,1-2H3. The largest absolute Gasteiger partial charge is 0.309 e. The second-order valence-electron chi connectivity index (χ2n) is 16.0. The maximum atomic E-state index is 5.51. The van der Waals surface area contributed by atoms with Crippen LogP contribution >= 0.6 is 0 Å². The molecule has 0 atom stereocenters. The second-order valence-corrected chi connectivity index (χ2v) is 16.0. The molecule has 10 aromatic rings. The molecule has 3 heteroatoms. The summed E-state index contributed by atoms with van der Waals surface area (Å²) in [7, 11) is 0. The van der Waals surface area contributed by atoms with Crippen LogP contribution in [-0.4, -0.2) is 9.61 Å².